The molecule has 0 unspecified atom stereocenters. The van der Waals surface area contributed by atoms with Crippen LogP contribution >= 0.6 is 22.6 Å². The number of aryl methyl sites for hydroxylation is 1. The van der Waals surface area contributed by atoms with Gasteiger partial charge in [0.2, 0.25) is 5.90 Å². The Labute approximate surface area is 198 Å². The molecule has 1 aliphatic rings. The van der Waals surface area contributed by atoms with Crippen molar-refractivity contribution >= 4 is 46.5 Å². The Morgan fingerprint density at radius 3 is 2.47 bits per heavy atom. The predicted octanol–water partition coefficient (Wildman–Crippen LogP) is 5.17. The van der Waals surface area contributed by atoms with Crippen LogP contribution in [0.1, 0.15) is 27.0 Å². The van der Waals surface area contributed by atoms with Gasteiger partial charge in [0.25, 0.3) is 0 Å². The first-order chi connectivity index (χ1) is 15.4. The normalized spacial score (nSPS) is 14.2. The molecule has 1 aliphatic heterocycles. The Morgan fingerprint density at radius 1 is 1.06 bits per heavy atom. The average Bonchev–Trinajstić information content (AvgIpc) is 3.16. The van der Waals surface area contributed by atoms with Crippen molar-refractivity contribution in [2.75, 3.05) is 7.11 Å². The molecule has 4 rings (SSSR count). The van der Waals surface area contributed by atoms with E-state index in [2.05, 4.69) is 27.6 Å². The molecule has 0 bridgehead atoms. The van der Waals surface area contributed by atoms with Crippen LogP contribution < -0.4 is 9.47 Å². The Balaban J connectivity index is 1.62. The van der Waals surface area contributed by atoms with Gasteiger partial charge in [0.05, 0.1) is 16.2 Å². The zero-order valence-corrected chi connectivity index (χ0v) is 19.5. The predicted molar refractivity (Wildman–Crippen MR) is 129 cm³/mol. The summed E-state index contributed by atoms with van der Waals surface area (Å²) in [5.41, 5.74) is 3.04. The van der Waals surface area contributed by atoms with Crippen molar-refractivity contribution in [3.63, 3.8) is 0 Å². The molecule has 7 heteroatoms. The van der Waals surface area contributed by atoms with Gasteiger partial charge in [0.1, 0.15) is 0 Å². The van der Waals surface area contributed by atoms with Gasteiger partial charge in [-0.15, -0.1) is 0 Å². The van der Waals surface area contributed by atoms with Crippen molar-refractivity contribution in [1.82, 2.24) is 0 Å². The Kier molecular flexibility index (Phi) is 6.36. The summed E-state index contributed by atoms with van der Waals surface area (Å²) in [4.78, 5) is 29.2. The molecule has 0 saturated heterocycles. The standard InChI is InChI=1S/C25H18INO5/c1-15-8-10-18(11-9-15)24(28)31-22-19(26)12-16(14-21(22)30-2)13-20-25(29)32-23(27-20)17-6-4-3-5-7-17/h3-14H,1-2H3/b20-13-. The first-order valence-electron chi connectivity index (χ1n) is 9.69. The van der Waals surface area contributed by atoms with Crippen molar-refractivity contribution in [3.8, 4) is 11.5 Å². The van der Waals surface area contributed by atoms with Gasteiger partial charge in [0.15, 0.2) is 17.2 Å². The molecule has 0 N–H and O–H groups in total. The van der Waals surface area contributed by atoms with Gasteiger partial charge < -0.3 is 14.2 Å². The van der Waals surface area contributed by atoms with Crippen molar-refractivity contribution in [2.45, 2.75) is 6.92 Å². The second kappa shape index (κ2) is 9.35. The van der Waals surface area contributed by atoms with E-state index in [1.54, 1.807) is 30.3 Å². The van der Waals surface area contributed by atoms with Crippen LogP contribution in [0.2, 0.25) is 0 Å². The molecule has 0 fully saturated rings. The molecule has 3 aromatic rings. The number of rotatable bonds is 5. The summed E-state index contributed by atoms with van der Waals surface area (Å²) in [5.74, 6) is -0.0882. The monoisotopic (exact) mass is 539 g/mol. The fourth-order valence-corrected chi connectivity index (χ4v) is 3.77. The van der Waals surface area contributed by atoms with Crippen molar-refractivity contribution < 1.29 is 23.8 Å². The highest BCUT2D eigenvalue weighted by atomic mass is 127. The van der Waals surface area contributed by atoms with Crippen molar-refractivity contribution in [3.05, 3.63) is 98.3 Å². The minimum absolute atomic E-state index is 0.172. The minimum atomic E-state index is -0.535. The lowest BCUT2D eigenvalue weighted by Crippen LogP contribution is -2.10. The number of hydrogen-bond donors (Lipinski definition) is 0. The molecule has 32 heavy (non-hydrogen) atoms. The highest BCUT2D eigenvalue weighted by Gasteiger charge is 2.24. The van der Waals surface area contributed by atoms with Crippen molar-refractivity contribution in [2.24, 2.45) is 4.99 Å². The lowest BCUT2D eigenvalue weighted by molar-refractivity contribution is -0.129. The number of methoxy groups -OCH3 is 1. The van der Waals surface area contributed by atoms with Gasteiger partial charge in [-0.3, -0.25) is 0 Å². The highest BCUT2D eigenvalue weighted by Crippen LogP contribution is 2.35. The second-order valence-electron chi connectivity index (χ2n) is 6.99. The quantitative estimate of drug-likeness (QED) is 0.194. The van der Waals surface area contributed by atoms with Crippen LogP contribution in [0.15, 0.2) is 77.4 Å². The molecule has 0 aromatic heterocycles. The topological polar surface area (TPSA) is 74.2 Å². The lowest BCUT2D eigenvalue weighted by atomic mass is 10.1. The second-order valence-corrected chi connectivity index (χ2v) is 8.15. The van der Waals surface area contributed by atoms with Gasteiger partial charge in [0, 0.05) is 5.56 Å². The third-order valence-electron chi connectivity index (χ3n) is 4.68. The molecule has 0 spiro atoms. The highest BCUT2D eigenvalue weighted by molar-refractivity contribution is 14.1. The van der Waals surface area contributed by atoms with E-state index in [4.69, 9.17) is 14.2 Å². The summed E-state index contributed by atoms with van der Waals surface area (Å²) in [5, 5.41) is 0. The van der Waals surface area contributed by atoms with Gasteiger partial charge >= 0.3 is 11.9 Å². The summed E-state index contributed by atoms with van der Waals surface area (Å²) in [7, 11) is 1.49. The van der Waals surface area contributed by atoms with Gasteiger partial charge in [-0.25, -0.2) is 14.6 Å². The maximum Gasteiger partial charge on any atom is 0.363 e. The van der Waals surface area contributed by atoms with Crippen LogP contribution in [0.4, 0.5) is 0 Å². The van der Waals surface area contributed by atoms with E-state index < -0.39 is 11.9 Å². The molecular weight excluding hydrogens is 521 g/mol. The largest absolute Gasteiger partial charge is 0.493 e. The average molecular weight is 539 g/mol. The SMILES string of the molecule is COc1cc(/C=C2\N=C(c3ccccc3)OC2=O)cc(I)c1OC(=O)c1ccc(C)cc1. The zero-order valence-electron chi connectivity index (χ0n) is 17.3. The molecule has 1 heterocycles. The number of ether oxygens (including phenoxy) is 3. The number of carbonyl (C=O) groups is 2. The molecule has 0 amide bonds. The number of carbonyl (C=O) groups excluding carboxylic acids is 2. The summed E-state index contributed by atoms with van der Waals surface area (Å²) < 4.78 is 17.0. The molecule has 3 aromatic carbocycles. The van der Waals surface area contributed by atoms with E-state index in [0.717, 1.165) is 11.1 Å². The van der Waals surface area contributed by atoms with Gasteiger partial charge in [-0.1, -0.05) is 35.9 Å². The maximum absolute atomic E-state index is 12.6. The third kappa shape index (κ3) is 4.72. The number of nitrogens with zero attached hydrogens (tertiary/aromatic N) is 1. The fraction of sp³-hybridized carbons (Fsp3) is 0.0800. The first kappa shape index (κ1) is 21.8. The van der Waals surface area contributed by atoms with Crippen molar-refractivity contribution in [1.29, 1.82) is 0 Å². The summed E-state index contributed by atoms with van der Waals surface area (Å²) >= 11 is 2.06. The lowest BCUT2D eigenvalue weighted by Gasteiger charge is -2.12. The van der Waals surface area contributed by atoms with Crippen LogP contribution in [0.25, 0.3) is 6.08 Å². The fourth-order valence-electron chi connectivity index (χ4n) is 3.03. The Bertz CT molecular complexity index is 1250. The van der Waals surface area contributed by atoms with Crippen LogP contribution in [-0.4, -0.2) is 24.9 Å². The number of esters is 2. The molecule has 0 saturated carbocycles. The Hall–Kier alpha value is -3.46. The molecule has 160 valence electrons. The maximum atomic E-state index is 12.6. The summed E-state index contributed by atoms with van der Waals surface area (Å²) in [6.07, 6.45) is 1.61. The molecule has 6 nitrogen and oxygen atoms in total. The van der Waals surface area contributed by atoms with Crippen LogP contribution in [0.5, 0.6) is 11.5 Å². The number of hydrogen-bond acceptors (Lipinski definition) is 6. The van der Waals surface area contributed by atoms with Gasteiger partial charge in [-0.05, 0) is 77.6 Å². The number of aliphatic imine (C=N–C) groups is 1. The number of halogens is 1. The van der Waals surface area contributed by atoms with E-state index in [0.29, 0.717) is 26.2 Å². The van der Waals surface area contributed by atoms with Crippen LogP contribution in [-0.2, 0) is 9.53 Å². The minimum Gasteiger partial charge on any atom is -0.493 e. The van der Waals surface area contributed by atoms with E-state index in [-0.39, 0.29) is 11.6 Å². The van der Waals surface area contributed by atoms with Crippen LogP contribution in [0, 0.1) is 10.5 Å². The molecule has 0 atom stereocenters. The summed E-state index contributed by atoms with van der Waals surface area (Å²) in [6, 6.07) is 19.8. The van der Waals surface area contributed by atoms with E-state index >= 15 is 0 Å². The zero-order chi connectivity index (χ0) is 22.7. The third-order valence-corrected chi connectivity index (χ3v) is 5.48. The molecular formula is C25H18INO5. The molecule has 0 aliphatic carbocycles. The molecule has 0 radical (unpaired) electrons. The van der Waals surface area contributed by atoms with E-state index in [9.17, 15) is 9.59 Å². The first-order valence-corrected chi connectivity index (χ1v) is 10.8. The van der Waals surface area contributed by atoms with E-state index in [1.807, 2.05) is 49.4 Å². The Morgan fingerprint density at radius 2 is 1.78 bits per heavy atom. The van der Waals surface area contributed by atoms with Crippen LogP contribution in [0.3, 0.4) is 0 Å². The van der Waals surface area contributed by atoms with Gasteiger partial charge in [-0.2, -0.15) is 0 Å². The summed E-state index contributed by atoms with van der Waals surface area (Å²) in [6.45, 7) is 1.95. The number of cyclic esters (lactones) is 1. The smallest absolute Gasteiger partial charge is 0.363 e. The number of benzene rings is 3. The van der Waals surface area contributed by atoms with E-state index in [1.165, 1.54) is 7.11 Å².